The number of hydrogen-bond acceptors (Lipinski definition) is 3. The second-order valence-electron chi connectivity index (χ2n) is 1.32. The summed E-state index contributed by atoms with van der Waals surface area (Å²) >= 11 is 0. The van der Waals surface area contributed by atoms with E-state index in [4.69, 9.17) is 0 Å². The van der Waals surface area contributed by atoms with Crippen molar-refractivity contribution >= 4 is 0 Å². The van der Waals surface area contributed by atoms with Crippen LogP contribution in [-0.2, 0) is 6.30 Å². The third kappa shape index (κ3) is 1.20. The van der Waals surface area contributed by atoms with Gasteiger partial charge in [0.15, 0.2) is 0 Å². The van der Waals surface area contributed by atoms with Gasteiger partial charge in [0.1, 0.15) is 0 Å². The van der Waals surface area contributed by atoms with Gasteiger partial charge in [-0.05, 0) is 5.21 Å². The molecular weight excluding hydrogens is 156 g/mol. The molecule has 1 rings (SSSR count). The normalized spacial score (nSPS) is 12.0. The Kier molecular flexibility index (Phi) is 1.30. The molecule has 1 aromatic heterocycles. The largest absolute Gasteiger partial charge is 0.522 e. The molecule has 0 aliphatic heterocycles. The van der Waals surface area contributed by atoms with E-state index in [2.05, 4.69) is 15.4 Å². The average molecular weight is 156 g/mol. The van der Waals surface area contributed by atoms with Gasteiger partial charge in [0.2, 0.25) is 0 Å². The summed E-state index contributed by atoms with van der Waals surface area (Å²) in [5.74, 6) is 0. The first-order chi connectivity index (χ1) is 4.50. The Morgan fingerprint density at radius 1 is 1.30 bits per heavy atom. The van der Waals surface area contributed by atoms with E-state index in [0.717, 1.165) is 0 Å². The molecule has 1 aromatic rings. The lowest BCUT2D eigenvalue weighted by molar-refractivity contribution is -0.222. The summed E-state index contributed by atoms with van der Waals surface area (Å²) < 4.78 is 45.9. The molecule has 0 fully saturated rings. The lowest BCUT2D eigenvalue weighted by Crippen LogP contribution is -2.19. The van der Waals surface area contributed by atoms with Crippen molar-refractivity contribution in [3.8, 4) is 0 Å². The van der Waals surface area contributed by atoms with Crippen LogP contribution < -0.4 is 0 Å². The monoisotopic (exact) mass is 156 g/mol. The Balaban J connectivity index is 2.96. The highest BCUT2D eigenvalue weighted by Crippen LogP contribution is 2.18. The van der Waals surface area contributed by atoms with E-state index < -0.39 is 17.2 Å². The summed E-state index contributed by atoms with van der Waals surface area (Å²) in [5, 5.41) is 7.03. The summed E-state index contributed by atoms with van der Waals surface area (Å²) in [7, 11) is 0. The predicted octanol–water partition coefficient (Wildman–Crippen LogP) is 0.288. The topological polar surface area (TPSA) is 43.6 Å². The van der Waals surface area contributed by atoms with Crippen molar-refractivity contribution in [2.75, 3.05) is 0 Å². The van der Waals surface area contributed by atoms with E-state index in [9.17, 15) is 17.6 Å². The van der Waals surface area contributed by atoms with Crippen LogP contribution in [-0.4, -0.2) is 20.2 Å². The SMILES string of the molecule is Fc1nnn(C(F)(F)F)n1. The lowest BCUT2D eigenvalue weighted by Gasteiger charge is -1.99. The van der Waals surface area contributed by atoms with E-state index in [-0.39, 0.29) is 0 Å². The van der Waals surface area contributed by atoms with Crippen molar-refractivity contribution in [2.45, 2.75) is 6.30 Å². The zero-order valence-corrected chi connectivity index (χ0v) is 4.30. The Labute approximate surface area is 51.4 Å². The molecule has 0 saturated heterocycles. The van der Waals surface area contributed by atoms with Gasteiger partial charge in [-0.1, -0.05) is 15.0 Å². The number of alkyl halides is 3. The minimum Gasteiger partial charge on any atom is -0.158 e. The number of aromatic nitrogens is 4. The fourth-order valence-corrected chi connectivity index (χ4v) is 0.305. The molecule has 0 aliphatic rings. The first kappa shape index (κ1) is 6.90. The fraction of sp³-hybridized carbons (Fsp3) is 0.500. The zero-order chi connectivity index (χ0) is 7.78. The number of nitrogens with zero attached hydrogens (tertiary/aromatic N) is 4. The van der Waals surface area contributed by atoms with Crippen LogP contribution in [0.25, 0.3) is 0 Å². The molecule has 8 heteroatoms. The van der Waals surface area contributed by atoms with E-state index in [0.29, 0.717) is 0 Å². The van der Waals surface area contributed by atoms with Crippen LogP contribution >= 0.6 is 0 Å². The number of tetrazole rings is 1. The first-order valence-corrected chi connectivity index (χ1v) is 2.03. The minimum atomic E-state index is -4.79. The first-order valence-electron chi connectivity index (χ1n) is 2.03. The van der Waals surface area contributed by atoms with Crippen LogP contribution in [0.4, 0.5) is 17.6 Å². The van der Waals surface area contributed by atoms with Crippen molar-refractivity contribution < 1.29 is 17.6 Å². The van der Waals surface area contributed by atoms with E-state index in [1.807, 2.05) is 0 Å². The maximum absolute atomic E-state index is 11.7. The van der Waals surface area contributed by atoms with E-state index in [1.54, 1.807) is 0 Å². The van der Waals surface area contributed by atoms with Crippen LogP contribution in [0.5, 0.6) is 0 Å². The molecule has 0 radical (unpaired) electrons. The van der Waals surface area contributed by atoms with Crippen LogP contribution in [0.2, 0.25) is 0 Å². The molecule has 0 aliphatic carbocycles. The molecule has 0 bridgehead atoms. The number of rotatable bonds is 0. The smallest absolute Gasteiger partial charge is 0.158 e. The summed E-state index contributed by atoms with van der Waals surface area (Å²) in [4.78, 5) is -0.762. The Hall–Kier alpha value is -1.21. The third-order valence-corrected chi connectivity index (χ3v) is 0.616. The summed E-state index contributed by atoms with van der Waals surface area (Å²) in [6.45, 7) is 0. The van der Waals surface area contributed by atoms with Gasteiger partial charge in [0.25, 0.3) is 0 Å². The van der Waals surface area contributed by atoms with Gasteiger partial charge in [-0.3, -0.25) is 0 Å². The summed E-state index contributed by atoms with van der Waals surface area (Å²) in [6.07, 6.45) is -6.30. The molecule has 0 atom stereocenters. The number of hydrogen-bond donors (Lipinski definition) is 0. The highest BCUT2D eigenvalue weighted by Gasteiger charge is 2.34. The predicted molar refractivity (Wildman–Crippen MR) is 19.1 cm³/mol. The highest BCUT2D eigenvalue weighted by molar-refractivity contribution is 4.47. The second kappa shape index (κ2) is 1.89. The Bertz CT molecular complexity index is 225. The standard InChI is InChI=1S/C2F4N4/c3-1-7-9-10(8-1)2(4,5)6. The molecule has 0 aromatic carbocycles. The van der Waals surface area contributed by atoms with Gasteiger partial charge < -0.3 is 0 Å². The van der Waals surface area contributed by atoms with Gasteiger partial charge in [0.05, 0.1) is 0 Å². The van der Waals surface area contributed by atoms with Crippen LogP contribution in [0.1, 0.15) is 0 Å². The third-order valence-electron chi connectivity index (χ3n) is 0.616. The Morgan fingerprint density at radius 3 is 2.10 bits per heavy atom. The molecule has 0 saturated carbocycles. The van der Waals surface area contributed by atoms with Crippen molar-refractivity contribution in [1.82, 2.24) is 20.2 Å². The highest BCUT2D eigenvalue weighted by atomic mass is 19.4. The molecule has 4 nitrogen and oxygen atoms in total. The molecule has 10 heavy (non-hydrogen) atoms. The second-order valence-corrected chi connectivity index (χ2v) is 1.32. The van der Waals surface area contributed by atoms with Crippen molar-refractivity contribution in [2.24, 2.45) is 0 Å². The molecule has 0 unspecified atom stereocenters. The van der Waals surface area contributed by atoms with Crippen molar-refractivity contribution in [1.29, 1.82) is 0 Å². The van der Waals surface area contributed by atoms with Crippen LogP contribution in [0.3, 0.4) is 0 Å². The van der Waals surface area contributed by atoms with Crippen molar-refractivity contribution in [3.63, 3.8) is 0 Å². The lowest BCUT2D eigenvalue weighted by atomic mass is 11.2. The molecule has 0 N–H and O–H groups in total. The Morgan fingerprint density at radius 2 is 1.90 bits per heavy atom. The molecule has 56 valence electrons. The average Bonchev–Trinajstić information content (AvgIpc) is 2.11. The van der Waals surface area contributed by atoms with E-state index >= 15 is 0 Å². The van der Waals surface area contributed by atoms with Crippen LogP contribution in [0, 0.1) is 6.08 Å². The molecule has 1 heterocycles. The molecule has 0 spiro atoms. The maximum Gasteiger partial charge on any atom is 0.522 e. The van der Waals surface area contributed by atoms with Gasteiger partial charge in [0, 0.05) is 0 Å². The van der Waals surface area contributed by atoms with Crippen LogP contribution in [0.15, 0.2) is 0 Å². The number of halogens is 4. The van der Waals surface area contributed by atoms with Crippen molar-refractivity contribution in [3.05, 3.63) is 6.08 Å². The van der Waals surface area contributed by atoms with Gasteiger partial charge >= 0.3 is 12.4 Å². The summed E-state index contributed by atoms with van der Waals surface area (Å²) in [6, 6.07) is 0. The molecular formula is C2F4N4. The summed E-state index contributed by atoms with van der Waals surface area (Å²) in [5.41, 5.74) is 0. The molecule has 0 amide bonds. The maximum atomic E-state index is 11.7. The zero-order valence-electron chi connectivity index (χ0n) is 4.30. The van der Waals surface area contributed by atoms with Gasteiger partial charge in [-0.15, -0.1) is 13.2 Å². The minimum absolute atomic E-state index is 0.762. The van der Waals surface area contributed by atoms with Gasteiger partial charge in [-0.25, -0.2) is 0 Å². The van der Waals surface area contributed by atoms with Gasteiger partial charge in [-0.2, -0.15) is 4.39 Å². The van der Waals surface area contributed by atoms with E-state index in [1.165, 1.54) is 0 Å². The fourth-order valence-electron chi connectivity index (χ4n) is 0.305. The quantitative estimate of drug-likeness (QED) is 0.507.